The van der Waals surface area contributed by atoms with Crippen molar-refractivity contribution >= 4 is 29.0 Å². The molecule has 0 spiro atoms. The Morgan fingerprint density at radius 1 is 1.14 bits per heavy atom. The minimum atomic E-state index is -0.802. The average Bonchev–Trinajstić information content (AvgIpc) is 3.40. The number of tetrazole rings is 1. The molecule has 2 N–H and O–H groups in total. The third-order valence-corrected chi connectivity index (χ3v) is 5.93. The van der Waals surface area contributed by atoms with E-state index in [1.807, 2.05) is 0 Å². The van der Waals surface area contributed by atoms with Crippen LogP contribution < -0.4 is 15.6 Å². The fourth-order valence-electron chi connectivity index (χ4n) is 3.91. The van der Waals surface area contributed by atoms with E-state index in [0.717, 1.165) is 5.56 Å². The zero-order valence-electron chi connectivity index (χ0n) is 19.8. The Balaban J connectivity index is 1.65. The summed E-state index contributed by atoms with van der Waals surface area (Å²) in [6.07, 6.45) is 1.83. The first-order valence-corrected chi connectivity index (χ1v) is 11.5. The molecule has 0 radical (unpaired) electrons. The second-order valence-corrected chi connectivity index (χ2v) is 8.41. The number of ketones is 1. The fourth-order valence-corrected chi connectivity index (χ4v) is 4.08. The number of amides is 1. The quantitative estimate of drug-likeness (QED) is 0.343. The van der Waals surface area contributed by atoms with E-state index in [1.54, 1.807) is 49.4 Å². The molecule has 0 fully saturated rings. The van der Waals surface area contributed by atoms with Gasteiger partial charge in [-0.05, 0) is 66.6 Å². The van der Waals surface area contributed by atoms with Gasteiger partial charge in [-0.25, -0.2) is 0 Å². The van der Waals surface area contributed by atoms with E-state index in [0.29, 0.717) is 45.4 Å². The number of H-pyrrole nitrogens is 1. The molecule has 2 heterocycles. The standard InChI is InChI=1S/C25H23ClN6O4/c1-4-21(25(35)27-17-8-5-15(6-9-17)24-28-30-31-29-24)32-13-22(36-3)20(12-23(32)34)19-11-16(26)7-10-18(19)14(2)33/h5-13,21H,4H2,1-3H3,(H,27,35)(H,28,29,30,31)/t21-/m0/s1. The summed E-state index contributed by atoms with van der Waals surface area (Å²) < 4.78 is 6.87. The van der Waals surface area contributed by atoms with E-state index >= 15 is 0 Å². The second-order valence-electron chi connectivity index (χ2n) is 7.97. The molecule has 10 nitrogen and oxygen atoms in total. The van der Waals surface area contributed by atoms with E-state index in [-0.39, 0.29) is 11.7 Å². The minimum absolute atomic E-state index is 0.177. The van der Waals surface area contributed by atoms with Crippen LogP contribution in [0.2, 0.25) is 5.02 Å². The van der Waals surface area contributed by atoms with Crippen LogP contribution >= 0.6 is 11.6 Å². The number of methoxy groups -OCH3 is 1. The van der Waals surface area contributed by atoms with Crippen molar-refractivity contribution in [3.8, 4) is 28.3 Å². The molecular formula is C25H23ClN6O4. The summed E-state index contributed by atoms with van der Waals surface area (Å²) in [6.45, 7) is 3.24. The lowest BCUT2D eigenvalue weighted by Gasteiger charge is -2.20. The number of hydrogen-bond acceptors (Lipinski definition) is 7. The average molecular weight is 507 g/mol. The first kappa shape index (κ1) is 24.8. The topological polar surface area (TPSA) is 132 Å². The normalized spacial score (nSPS) is 11.7. The molecule has 1 amide bonds. The van der Waals surface area contributed by atoms with Gasteiger partial charge in [-0.15, -0.1) is 10.2 Å². The number of pyridine rings is 1. The van der Waals surface area contributed by atoms with Gasteiger partial charge in [-0.1, -0.05) is 18.5 Å². The van der Waals surface area contributed by atoms with Crippen LogP contribution in [0.3, 0.4) is 0 Å². The lowest BCUT2D eigenvalue weighted by Crippen LogP contribution is -2.32. The number of aromatic amines is 1. The Bertz CT molecular complexity index is 1470. The molecule has 11 heteroatoms. The first-order chi connectivity index (χ1) is 17.3. The number of aromatic nitrogens is 5. The third-order valence-electron chi connectivity index (χ3n) is 5.70. The predicted octanol–water partition coefficient (Wildman–Crippen LogP) is 4.15. The van der Waals surface area contributed by atoms with Gasteiger partial charge in [0.15, 0.2) is 5.78 Å². The summed E-state index contributed by atoms with van der Waals surface area (Å²) in [4.78, 5) is 38.5. The van der Waals surface area contributed by atoms with Crippen LogP contribution in [0.5, 0.6) is 5.75 Å². The van der Waals surface area contributed by atoms with Gasteiger partial charge >= 0.3 is 0 Å². The van der Waals surface area contributed by atoms with Gasteiger partial charge in [0.1, 0.15) is 11.8 Å². The summed E-state index contributed by atoms with van der Waals surface area (Å²) in [7, 11) is 1.46. The molecule has 4 rings (SSSR count). The highest BCUT2D eigenvalue weighted by Crippen LogP contribution is 2.34. The van der Waals surface area contributed by atoms with Crippen LogP contribution in [0, 0.1) is 0 Å². The molecular weight excluding hydrogens is 484 g/mol. The highest BCUT2D eigenvalue weighted by atomic mass is 35.5. The molecule has 0 aliphatic rings. The zero-order chi connectivity index (χ0) is 25.8. The van der Waals surface area contributed by atoms with E-state index in [9.17, 15) is 14.4 Å². The highest BCUT2D eigenvalue weighted by Gasteiger charge is 2.23. The minimum Gasteiger partial charge on any atom is -0.495 e. The molecule has 0 saturated heterocycles. The van der Waals surface area contributed by atoms with Crippen molar-refractivity contribution in [2.45, 2.75) is 26.3 Å². The van der Waals surface area contributed by atoms with Crippen molar-refractivity contribution in [1.82, 2.24) is 25.2 Å². The van der Waals surface area contributed by atoms with Crippen molar-refractivity contribution in [2.24, 2.45) is 0 Å². The number of hydrogen-bond donors (Lipinski definition) is 2. The van der Waals surface area contributed by atoms with E-state index < -0.39 is 11.6 Å². The number of rotatable bonds is 8. The Morgan fingerprint density at radius 3 is 2.50 bits per heavy atom. The van der Waals surface area contributed by atoms with Crippen molar-refractivity contribution in [2.75, 3.05) is 12.4 Å². The van der Waals surface area contributed by atoms with E-state index in [2.05, 4.69) is 25.9 Å². The largest absolute Gasteiger partial charge is 0.495 e. The molecule has 36 heavy (non-hydrogen) atoms. The van der Waals surface area contributed by atoms with Crippen LogP contribution in [-0.2, 0) is 4.79 Å². The molecule has 1 atom stereocenters. The van der Waals surface area contributed by atoms with Crippen LogP contribution in [0.25, 0.3) is 22.5 Å². The molecule has 2 aromatic carbocycles. The number of nitrogens with zero attached hydrogens (tertiary/aromatic N) is 4. The fraction of sp³-hybridized carbons (Fsp3) is 0.200. The Hall–Kier alpha value is -4.31. The smallest absolute Gasteiger partial charge is 0.252 e. The predicted molar refractivity (Wildman–Crippen MR) is 135 cm³/mol. The number of benzene rings is 2. The summed E-state index contributed by atoms with van der Waals surface area (Å²) in [5, 5.41) is 17.0. The Morgan fingerprint density at radius 2 is 1.89 bits per heavy atom. The summed E-state index contributed by atoms with van der Waals surface area (Å²) in [5.74, 6) is 0.221. The number of nitrogens with one attached hydrogen (secondary N) is 2. The summed E-state index contributed by atoms with van der Waals surface area (Å²) in [5.41, 5.74) is 2.16. The highest BCUT2D eigenvalue weighted by molar-refractivity contribution is 6.31. The lowest BCUT2D eigenvalue weighted by molar-refractivity contribution is -0.119. The van der Waals surface area contributed by atoms with Crippen molar-refractivity contribution in [3.05, 3.63) is 75.7 Å². The van der Waals surface area contributed by atoms with Gasteiger partial charge in [-0.2, -0.15) is 5.21 Å². The second kappa shape index (κ2) is 10.5. The van der Waals surface area contributed by atoms with E-state index in [1.165, 1.54) is 30.9 Å². The SMILES string of the molecule is CC[C@@H](C(=O)Nc1ccc(-c2nn[nH]n2)cc1)n1cc(OC)c(-c2cc(Cl)ccc2C(C)=O)cc1=O. The third kappa shape index (κ3) is 5.03. The molecule has 0 unspecified atom stereocenters. The zero-order valence-corrected chi connectivity index (χ0v) is 20.5. The lowest BCUT2D eigenvalue weighted by atomic mass is 9.97. The monoisotopic (exact) mass is 506 g/mol. The maximum atomic E-state index is 13.2. The molecule has 2 aromatic heterocycles. The first-order valence-electron chi connectivity index (χ1n) is 11.1. The van der Waals surface area contributed by atoms with Crippen LogP contribution in [0.4, 0.5) is 5.69 Å². The number of carbonyl (C=O) groups excluding carboxylic acids is 2. The number of anilines is 1. The van der Waals surface area contributed by atoms with Gasteiger partial charge in [0, 0.05) is 33.5 Å². The molecule has 4 aromatic rings. The van der Waals surface area contributed by atoms with Gasteiger partial charge in [0.25, 0.3) is 5.56 Å². The summed E-state index contributed by atoms with van der Waals surface area (Å²) in [6, 6.07) is 12.3. The van der Waals surface area contributed by atoms with Crippen molar-refractivity contribution in [3.63, 3.8) is 0 Å². The number of Topliss-reactive ketones (excluding diaryl/α,β-unsaturated/α-hetero) is 1. The molecule has 0 aliphatic heterocycles. The van der Waals surface area contributed by atoms with Gasteiger partial charge in [0.2, 0.25) is 11.7 Å². The molecule has 0 saturated carbocycles. The van der Waals surface area contributed by atoms with Crippen molar-refractivity contribution in [1.29, 1.82) is 0 Å². The molecule has 0 aliphatic carbocycles. The Kier molecular flexibility index (Phi) is 7.25. The maximum absolute atomic E-state index is 13.2. The van der Waals surface area contributed by atoms with Gasteiger partial charge < -0.3 is 10.1 Å². The Labute approximate surface area is 211 Å². The molecule has 184 valence electrons. The number of carbonyl (C=O) groups is 2. The van der Waals surface area contributed by atoms with Crippen LogP contribution in [-0.4, -0.2) is 44.0 Å². The van der Waals surface area contributed by atoms with E-state index in [4.69, 9.17) is 16.3 Å². The molecule has 0 bridgehead atoms. The van der Waals surface area contributed by atoms with Crippen LogP contribution in [0.1, 0.15) is 36.7 Å². The van der Waals surface area contributed by atoms with Gasteiger partial charge in [0.05, 0.1) is 13.3 Å². The van der Waals surface area contributed by atoms with Crippen LogP contribution in [0.15, 0.2) is 59.5 Å². The maximum Gasteiger partial charge on any atom is 0.252 e. The van der Waals surface area contributed by atoms with Gasteiger partial charge in [-0.3, -0.25) is 19.0 Å². The number of ether oxygens (including phenoxy) is 1. The van der Waals surface area contributed by atoms with Crippen molar-refractivity contribution < 1.29 is 14.3 Å². The number of halogens is 1. The summed E-state index contributed by atoms with van der Waals surface area (Å²) >= 11 is 6.17.